The summed E-state index contributed by atoms with van der Waals surface area (Å²) < 4.78 is 0. The molecule has 1 unspecified atom stereocenters. The van der Waals surface area contributed by atoms with Gasteiger partial charge in [-0.15, -0.1) is 0 Å². The first-order chi connectivity index (χ1) is 12.0. The van der Waals surface area contributed by atoms with E-state index in [9.17, 15) is 4.79 Å². The van der Waals surface area contributed by atoms with Gasteiger partial charge < -0.3 is 5.32 Å². The van der Waals surface area contributed by atoms with Gasteiger partial charge in [0.15, 0.2) is 0 Å². The number of fused-ring (bicyclic) bond motifs is 1. The highest BCUT2D eigenvalue weighted by Crippen LogP contribution is 2.22. The smallest absolute Gasteiger partial charge is 0.231 e. The van der Waals surface area contributed by atoms with Crippen LogP contribution in [0.3, 0.4) is 0 Å². The van der Waals surface area contributed by atoms with Crippen molar-refractivity contribution in [3.8, 4) is 0 Å². The molecule has 3 aromatic carbocycles. The summed E-state index contributed by atoms with van der Waals surface area (Å²) >= 11 is 0. The lowest BCUT2D eigenvalue weighted by atomic mass is 9.96. The molecule has 0 saturated heterocycles. The average molecular weight is 331 g/mol. The van der Waals surface area contributed by atoms with Gasteiger partial charge in [0.25, 0.3) is 0 Å². The standard InChI is InChI=1S/C23H25NO/c1-16(2)14-18-8-10-19(11-9-18)17(3)23(25)24-22-13-12-20-6-4-5-7-21(20)15-22/h4-13,15-17H,14H2,1-3H3,(H,24,25). The van der Waals surface area contributed by atoms with E-state index in [1.54, 1.807) is 0 Å². The maximum atomic E-state index is 12.6. The van der Waals surface area contributed by atoms with E-state index in [4.69, 9.17) is 0 Å². The summed E-state index contributed by atoms with van der Waals surface area (Å²) in [6, 6.07) is 22.6. The third-order valence-electron chi connectivity index (χ3n) is 4.53. The molecule has 0 aliphatic heterocycles. The highest BCUT2D eigenvalue weighted by Gasteiger charge is 2.15. The fourth-order valence-corrected chi connectivity index (χ4v) is 3.08. The molecule has 0 saturated carbocycles. The molecule has 3 rings (SSSR count). The lowest BCUT2D eigenvalue weighted by Gasteiger charge is -2.14. The Balaban J connectivity index is 1.70. The van der Waals surface area contributed by atoms with Crippen LogP contribution >= 0.6 is 0 Å². The van der Waals surface area contributed by atoms with E-state index in [-0.39, 0.29) is 11.8 Å². The number of amides is 1. The third-order valence-corrected chi connectivity index (χ3v) is 4.53. The highest BCUT2D eigenvalue weighted by atomic mass is 16.1. The molecular weight excluding hydrogens is 306 g/mol. The molecule has 0 heterocycles. The molecule has 2 nitrogen and oxygen atoms in total. The predicted molar refractivity (Wildman–Crippen MR) is 106 cm³/mol. The molecule has 2 heteroatoms. The molecule has 1 atom stereocenters. The molecule has 1 amide bonds. The Kier molecular flexibility index (Phi) is 5.18. The molecule has 0 radical (unpaired) electrons. The Morgan fingerprint density at radius 3 is 2.24 bits per heavy atom. The number of nitrogens with one attached hydrogen (secondary N) is 1. The van der Waals surface area contributed by atoms with E-state index in [1.807, 2.05) is 37.3 Å². The van der Waals surface area contributed by atoms with Gasteiger partial charge in [0.1, 0.15) is 0 Å². The fourth-order valence-electron chi connectivity index (χ4n) is 3.08. The summed E-state index contributed by atoms with van der Waals surface area (Å²) in [5.74, 6) is 0.478. The number of carbonyl (C=O) groups excluding carboxylic acids is 1. The van der Waals surface area contributed by atoms with Crippen LogP contribution in [0.4, 0.5) is 5.69 Å². The summed E-state index contributed by atoms with van der Waals surface area (Å²) in [5.41, 5.74) is 3.21. The van der Waals surface area contributed by atoms with Crippen LogP contribution in [-0.4, -0.2) is 5.91 Å². The summed E-state index contributed by atoms with van der Waals surface area (Å²) in [7, 11) is 0. The van der Waals surface area contributed by atoms with Crippen molar-refractivity contribution in [2.75, 3.05) is 5.32 Å². The molecule has 0 aliphatic carbocycles. The average Bonchev–Trinajstić information content (AvgIpc) is 2.61. The number of rotatable bonds is 5. The molecule has 128 valence electrons. The Hall–Kier alpha value is -2.61. The largest absolute Gasteiger partial charge is 0.326 e. The van der Waals surface area contributed by atoms with Crippen LogP contribution in [-0.2, 0) is 11.2 Å². The van der Waals surface area contributed by atoms with Gasteiger partial charge >= 0.3 is 0 Å². The Bertz CT molecular complexity index is 865. The minimum Gasteiger partial charge on any atom is -0.326 e. The topological polar surface area (TPSA) is 29.1 Å². The van der Waals surface area contributed by atoms with Gasteiger partial charge in [-0.05, 0) is 53.3 Å². The third kappa shape index (κ3) is 4.27. The second-order valence-electron chi connectivity index (χ2n) is 7.11. The van der Waals surface area contributed by atoms with E-state index in [0.717, 1.165) is 23.1 Å². The zero-order valence-electron chi connectivity index (χ0n) is 15.1. The van der Waals surface area contributed by atoms with Crippen LogP contribution in [0, 0.1) is 5.92 Å². The van der Waals surface area contributed by atoms with Crippen molar-refractivity contribution in [3.63, 3.8) is 0 Å². The van der Waals surface area contributed by atoms with Crippen molar-refractivity contribution < 1.29 is 4.79 Å². The summed E-state index contributed by atoms with van der Waals surface area (Å²) in [5, 5.41) is 5.35. The first kappa shape index (κ1) is 17.2. The molecular formula is C23H25NO. The zero-order chi connectivity index (χ0) is 17.8. The Morgan fingerprint density at radius 2 is 1.56 bits per heavy atom. The normalized spacial score (nSPS) is 12.3. The Labute approximate surface area is 149 Å². The minimum atomic E-state index is -0.181. The maximum absolute atomic E-state index is 12.6. The lowest BCUT2D eigenvalue weighted by molar-refractivity contribution is -0.117. The predicted octanol–water partition coefficient (Wildman–Crippen LogP) is 5.78. The summed E-state index contributed by atoms with van der Waals surface area (Å²) in [6.07, 6.45) is 1.07. The van der Waals surface area contributed by atoms with Gasteiger partial charge in [-0.3, -0.25) is 4.79 Å². The van der Waals surface area contributed by atoms with Crippen LogP contribution in [0.15, 0.2) is 66.7 Å². The van der Waals surface area contributed by atoms with E-state index in [2.05, 4.69) is 55.6 Å². The fraction of sp³-hybridized carbons (Fsp3) is 0.261. The van der Waals surface area contributed by atoms with Gasteiger partial charge in [-0.2, -0.15) is 0 Å². The summed E-state index contributed by atoms with van der Waals surface area (Å²) in [6.45, 7) is 6.38. The number of benzene rings is 3. The molecule has 1 N–H and O–H groups in total. The molecule has 3 aromatic rings. The van der Waals surface area contributed by atoms with Gasteiger partial charge in [-0.25, -0.2) is 0 Å². The van der Waals surface area contributed by atoms with Crippen molar-refractivity contribution in [1.82, 2.24) is 0 Å². The summed E-state index contributed by atoms with van der Waals surface area (Å²) in [4.78, 5) is 12.6. The van der Waals surface area contributed by atoms with E-state index in [0.29, 0.717) is 5.92 Å². The molecule has 0 spiro atoms. The number of carbonyl (C=O) groups is 1. The lowest BCUT2D eigenvalue weighted by Crippen LogP contribution is -2.18. The second kappa shape index (κ2) is 7.52. The number of anilines is 1. The van der Waals surface area contributed by atoms with Crippen LogP contribution in [0.25, 0.3) is 10.8 Å². The maximum Gasteiger partial charge on any atom is 0.231 e. The second-order valence-corrected chi connectivity index (χ2v) is 7.11. The first-order valence-electron chi connectivity index (χ1n) is 8.91. The van der Waals surface area contributed by atoms with Gasteiger partial charge in [0.05, 0.1) is 5.92 Å². The highest BCUT2D eigenvalue weighted by molar-refractivity contribution is 5.97. The Morgan fingerprint density at radius 1 is 0.880 bits per heavy atom. The van der Waals surface area contributed by atoms with E-state index in [1.165, 1.54) is 10.9 Å². The van der Waals surface area contributed by atoms with Crippen molar-refractivity contribution in [1.29, 1.82) is 0 Å². The van der Waals surface area contributed by atoms with Crippen molar-refractivity contribution in [2.45, 2.75) is 33.1 Å². The van der Waals surface area contributed by atoms with Crippen LogP contribution in [0.5, 0.6) is 0 Å². The number of hydrogen-bond donors (Lipinski definition) is 1. The van der Waals surface area contributed by atoms with E-state index >= 15 is 0 Å². The molecule has 0 bridgehead atoms. The zero-order valence-corrected chi connectivity index (χ0v) is 15.1. The quantitative estimate of drug-likeness (QED) is 0.631. The van der Waals surface area contributed by atoms with Crippen molar-refractivity contribution >= 4 is 22.4 Å². The van der Waals surface area contributed by atoms with Crippen LogP contribution in [0.2, 0.25) is 0 Å². The van der Waals surface area contributed by atoms with Crippen molar-refractivity contribution in [2.24, 2.45) is 5.92 Å². The van der Waals surface area contributed by atoms with Crippen LogP contribution in [0.1, 0.15) is 37.8 Å². The molecule has 0 fully saturated rings. The van der Waals surface area contributed by atoms with Crippen molar-refractivity contribution in [3.05, 3.63) is 77.9 Å². The monoisotopic (exact) mass is 331 g/mol. The molecule has 0 aliphatic rings. The number of hydrogen-bond acceptors (Lipinski definition) is 1. The SMILES string of the molecule is CC(C)Cc1ccc(C(C)C(=O)Nc2ccc3ccccc3c2)cc1. The van der Waals surface area contributed by atoms with E-state index < -0.39 is 0 Å². The van der Waals surface area contributed by atoms with Gasteiger partial charge in [-0.1, -0.05) is 68.4 Å². The minimum absolute atomic E-state index is 0.0203. The molecule has 25 heavy (non-hydrogen) atoms. The van der Waals surface area contributed by atoms with Gasteiger partial charge in [0, 0.05) is 5.69 Å². The van der Waals surface area contributed by atoms with Crippen LogP contribution < -0.4 is 5.32 Å². The molecule has 0 aromatic heterocycles. The van der Waals surface area contributed by atoms with Gasteiger partial charge in [0.2, 0.25) is 5.91 Å². The first-order valence-corrected chi connectivity index (χ1v) is 8.91.